The third-order valence-corrected chi connectivity index (χ3v) is 4.31. The van der Waals surface area contributed by atoms with Crippen molar-refractivity contribution in [1.82, 2.24) is 10.3 Å². The molecule has 120 valence electrons. The van der Waals surface area contributed by atoms with E-state index in [0.717, 1.165) is 37.8 Å². The summed E-state index contributed by atoms with van der Waals surface area (Å²) in [6.45, 7) is 14.3. The van der Waals surface area contributed by atoms with Crippen LogP contribution in [-0.4, -0.2) is 24.6 Å². The Kier molecular flexibility index (Phi) is 8.36. The Labute approximate surface area is 131 Å². The van der Waals surface area contributed by atoms with E-state index in [1.165, 1.54) is 18.4 Å². The minimum Gasteiger partial charge on any atom is -0.357 e. The summed E-state index contributed by atoms with van der Waals surface area (Å²) in [6.07, 6.45) is 5.67. The summed E-state index contributed by atoms with van der Waals surface area (Å²) in [5.74, 6) is 1.87. The van der Waals surface area contributed by atoms with Gasteiger partial charge < -0.3 is 10.2 Å². The molecule has 1 atom stereocenters. The summed E-state index contributed by atoms with van der Waals surface area (Å²) < 4.78 is 0. The van der Waals surface area contributed by atoms with Gasteiger partial charge >= 0.3 is 0 Å². The molecule has 0 aromatic carbocycles. The van der Waals surface area contributed by atoms with Gasteiger partial charge in [0.05, 0.1) is 0 Å². The van der Waals surface area contributed by atoms with E-state index in [2.05, 4.69) is 62.0 Å². The molecule has 0 aliphatic rings. The fourth-order valence-corrected chi connectivity index (χ4v) is 2.56. The predicted octanol–water partition coefficient (Wildman–Crippen LogP) is 4.40. The van der Waals surface area contributed by atoms with Crippen molar-refractivity contribution in [2.45, 2.75) is 59.9 Å². The zero-order chi connectivity index (χ0) is 15.7. The van der Waals surface area contributed by atoms with E-state index in [1.807, 2.05) is 6.20 Å². The van der Waals surface area contributed by atoms with E-state index in [0.29, 0.717) is 6.04 Å². The van der Waals surface area contributed by atoms with Gasteiger partial charge in [0.15, 0.2) is 0 Å². The molecule has 1 rings (SSSR count). The largest absolute Gasteiger partial charge is 0.357 e. The van der Waals surface area contributed by atoms with Crippen LogP contribution >= 0.6 is 0 Å². The second-order valence-electron chi connectivity index (χ2n) is 5.85. The minimum absolute atomic E-state index is 0.376. The lowest BCUT2D eigenvalue weighted by Crippen LogP contribution is -2.29. The van der Waals surface area contributed by atoms with Gasteiger partial charge in [0.1, 0.15) is 5.82 Å². The van der Waals surface area contributed by atoms with Gasteiger partial charge in [-0.25, -0.2) is 4.98 Å². The van der Waals surface area contributed by atoms with Gasteiger partial charge in [0.2, 0.25) is 0 Å². The lowest BCUT2D eigenvalue weighted by molar-refractivity contribution is 0.484. The second kappa shape index (κ2) is 9.78. The van der Waals surface area contributed by atoms with Gasteiger partial charge in [-0.05, 0) is 44.4 Å². The van der Waals surface area contributed by atoms with E-state index in [-0.39, 0.29) is 0 Å². The number of hydrogen-bond acceptors (Lipinski definition) is 3. The molecule has 0 spiro atoms. The van der Waals surface area contributed by atoms with Crippen LogP contribution in [0.25, 0.3) is 0 Å². The van der Waals surface area contributed by atoms with Crippen LogP contribution < -0.4 is 10.2 Å². The summed E-state index contributed by atoms with van der Waals surface area (Å²) in [5, 5.41) is 3.51. The molecule has 21 heavy (non-hydrogen) atoms. The summed E-state index contributed by atoms with van der Waals surface area (Å²) >= 11 is 0. The maximum Gasteiger partial charge on any atom is 0.128 e. The summed E-state index contributed by atoms with van der Waals surface area (Å²) in [5.41, 5.74) is 1.27. The standard InChI is InChI=1S/C18H33N3/c1-6-12-19-15(5)17-10-11-18(20-13-17)21(9-4)14-16(7-2)8-3/h10-11,13,15-16,19H,6-9,12,14H2,1-5H3. The number of aromatic nitrogens is 1. The lowest BCUT2D eigenvalue weighted by atomic mass is 10.0. The van der Waals surface area contributed by atoms with Crippen LogP contribution in [0.2, 0.25) is 0 Å². The molecule has 0 bridgehead atoms. The maximum atomic E-state index is 4.69. The number of hydrogen-bond donors (Lipinski definition) is 1. The minimum atomic E-state index is 0.376. The quantitative estimate of drug-likeness (QED) is 0.692. The molecule has 0 fully saturated rings. The number of anilines is 1. The van der Waals surface area contributed by atoms with Crippen molar-refractivity contribution >= 4 is 5.82 Å². The zero-order valence-electron chi connectivity index (χ0n) is 14.5. The van der Waals surface area contributed by atoms with Crippen LogP contribution in [0.1, 0.15) is 65.5 Å². The summed E-state index contributed by atoms with van der Waals surface area (Å²) in [4.78, 5) is 7.08. The van der Waals surface area contributed by atoms with Gasteiger partial charge in [0, 0.05) is 25.3 Å². The Balaban J connectivity index is 2.70. The monoisotopic (exact) mass is 291 g/mol. The molecule has 0 aliphatic carbocycles. The Morgan fingerprint density at radius 1 is 1.14 bits per heavy atom. The van der Waals surface area contributed by atoms with E-state index in [4.69, 9.17) is 0 Å². The Morgan fingerprint density at radius 2 is 1.86 bits per heavy atom. The van der Waals surface area contributed by atoms with Gasteiger partial charge in [-0.1, -0.05) is 39.7 Å². The van der Waals surface area contributed by atoms with Crippen LogP contribution in [0.3, 0.4) is 0 Å². The first-order valence-electron chi connectivity index (χ1n) is 8.60. The van der Waals surface area contributed by atoms with Crippen molar-refractivity contribution in [2.24, 2.45) is 5.92 Å². The average Bonchev–Trinajstić information content (AvgIpc) is 2.54. The molecular formula is C18H33N3. The zero-order valence-corrected chi connectivity index (χ0v) is 14.5. The molecule has 1 unspecified atom stereocenters. The van der Waals surface area contributed by atoms with Crippen molar-refractivity contribution in [3.05, 3.63) is 23.9 Å². The number of nitrogens with one attached hydrogen (secondary N) is 1. The predicted molar refractivity (Wildman–Crippen MR) is 92.9 cm³/mol. The molecule has 0 amide bonds. The molecule has 1 aromatic rings. The first kappa shape index (κ1) is 18.0. The topological polar surface area (TPSA) is 28.2 Å². The Morgan fingerprint density at radius 3 is 2.33 bits per heavy atom. The van der Waals surface area contributed by atoms with Crippen molar-refractivity contribution in [3.63, 3.8) is 0 Å². The van der Waals surface area contributed by atoms with E-state index < -0.39 is 0 Å². The molecule has 0 radical (unpaired) electrons. The van der Waals surface area contributed by atoms with Crippen LogP contribution in [0.4, 0.5) is 5.82 Å². The molecule has 0 saturated heterocycles. The number of pyridine rings is 1. The Bertz CT molecular complexity index is 371. The highest BCUT2D eigenvalue weighted by atomic mass is 15.2. The molecule has 0 saturated carbocycles. The number of rotatable bonds is 10. The maximum absolute atomic E-state index is 4.69. The molecule has 1 N–H and O–H groups in total. The first-order valence-corrected chi connectivity index (χ1v) is 8.60. The summed E-state index contributed by atoms with van der Waals surface area (Å²) in [7, 11) is 0. The van der Waals surface area contributed by atoms with Crippen LogP contribution in [-0.2, 0) is 0 Å². The highest BCUT2D eigenvalue weighted by Gasteiger charge is 2.12. The van der Waals surface area contributed by atoms with Gasteiger partial charge in [-0.3, -0.25) is 0 Å². The SMILES string of the molecule is CCCNC(C)c1ccc(N(CC)CC(CC)CC)nc1. The number of nitrogens with zero attached hydrogens (tertiary/aromatic N) is 2. The summed E-state index contributed by atoms with van der Waals surface area (Å²) in [6, 6.07) is 4.76. The molecule has 3 nitrogen and oxygen atoms in total. The highest BCUT2D eigenvalue weighted by Crippen LogP contribution is 2.19. The van der Waals surface area contributed by atoms with Gasteiger partial charge in [-0.2, -0.15) is 0 Å². The van der Waals surface area contributed by atoms with E-state index in [9.17, 15) is 0 Å². The molecule has 3 heteroatoms. The smallest absolute Gasteiger partial charge is 0.128 e. The van der Waals surface area contributed by atoms with Crippen molar-refractivity contribution < 1.29 is 0 Å². The molecule has 1 aromatic heterocycles. The Hall–Kier alpha value is -1.09. The average molecular weight is 291 g/mol. The van der Waals surface area contributed by atoms with Crippen LogP contribution in [0, 0.1) is 5.92 Å². The molecule has 1 heterocycles. The van der Waals surface area contributed by atoms with E-state index >= 15 is 0 Å². The van der Waals surface area contributed by atoms with Gasteiger partial charge in [0.25, 0.3) is 0 Å². The van der Waals surface area contributed by atoms with Crippen molar-refractivity contribution in [1.29, 1.82) is 0 Å². The highest BCUT2D eigenvalue weighted by molar-refractivity contribution is 5.39. The normalized spacial score (nSPS) is 12.7. The van der Waals surface area contributed by atoms with Crippen LogP contribution in [0.15, 0.2) is 18.3 Å². The third kappa shape index (κ3) is 5.66. The van der Waals surface area contributed by atoms with Gasteiger partial charge in [-0.15, -0.1) is 0 Å². The van der Waals surface area contributed by atoms with E-state index in [1.54, 1.807) is 0 Å². The molecular weight excluding hydrogens is 258 g/mol. The van der Waals surface area contributed by atoms with Crippen LogP contribution in [0.5, 0.6) is 0 Å². The third-order valence-electron chi connectivity index (χ3n) is 4.31. The first-order chi connectivity index (χ1) is 10.2. The molecule has 0 aliphatic heterocycles. The van der Waals surface area contributed by atoms with Crippen molar-refractivity contribution in [3.8, 4) is 0 Å². The lowest BCUT2D eigenvalue weighted by Gasteiger charge is -2.26. The fraction of sp³-hybridized carbons (Fsp3) is 0.722. The second-order valence-corrected chi connectivity index (χ2v) is 5.85. The van der Waals surface area contributed by atoms with Crippen molar-refractivity contribution in [2.75, 3.05) is 24.5 Å². The fourth-order valence-electron chi connectivity index (χ4n) is 2.56.